The average Bonchev–Trinajstić information content (AvgIpc) is 2.53. The van der Waals surface area contributed by atoms with Gasteiger partial charge in [0.15, 0.2) is 0 Å². The Morgan fingerprint density at radius 2 is 1.52 bits per heavy atom. The maximum Gasteiger partial charge on any atom is 0.519 e. The van der Waals surface area contributed by atoms with Crippen molar-refractivity contribution in [1.29, 1.82) is 0 Å². The topological polar surface area (TPSA) is 12.0 Å². The quantitative estimate of drug-likeness (QED) is 0.594. The molecule has 0 bridgehead atoms. The molecule has 1 rings (SSSR count). The van der Waals surface area contributed by atoms with Crippen molar-refractivity contribution in [3.05, 3.63) is 58.5 Å². The minimum atomic E-state index is 0.108. The van der Waals surface area contributed by atoms with E-state index >= 15 is 0 Å². The lowest BCUT2D eigenvalue weighted by Gasteiger charge is -2.24. The molecule has 0 radical (unpaired) electrons. The highest BCUT2D eigenvalue weighted by atomic mass is 15.1. The van der Waals surface area contributed by atoms with Gasteiger partial charge in [-0.1, -0.05) is 38.8 Å². The largest absolute Gasteiger partial charge is 0.519 e. The molecule has 0 fully saturated rings. The van der Waals surface area contributed by atoms with E-state index in [9.17, 15) is 0 Å². The number of hydrogen-bond acceptors (Lipinski definition) is 1. The van der Waals surface area contributed by atoms with Crippen molar-refractivity contribution >= 4 is 11.8 Å². The number of nitrogens with zero attached hydrogens (tertiary/aromatic N) is 3. The van der Waals surface area contributed by atoms with Crippen molar-refractivity contribution < 1.29 is 0 Å². The molecule has 0 amide bonds. The summed E-state index contributed by atoms with van der Waals surface area (Å²) < 4.78 is 0. The first-order chi connectivity index (χ1) is 10.2. The Morgan fingerprint density at radius 1 is 1.00 bits per heavy atom. The molecule has 0 aromatic heterocycles. The van der Waals surface area contributed by atoms with Crippen LogP contribution in [0.15, 0.2) is 30.1 Å². The van der Waals surface area contributed by atoms with E-state index in [0.29, 0.717) is 0 Å². The van der Waals surface area contributed by atoms with Crippen molar-refractivity contribution in [2.45, 2.75) is 39.5 Å². The first kappa shape index (κ1) is 16.8. The summed E-state index contributed by atoms with van der Waals surface area (Å²) in [7, 11) is 0. The number of benzene rings is 1. The van der Waals surface area contributed by atoms with Gasteiger partial charge in [-0.2, -0.15) is 9.69 Å². The number of anilines is 1. The first-order valence-electron chi connectivity index (χ1n) is 7.56. The molecule has 0 aliphatic heterocycles. The van der Waals surface area contributed by atoms with Gasteiger partial charge in [-0.3, -0.25) is 0 Å². The summed E-state index contributed by atoms with van der Waals surface area (Å²) in [6.07, 6.45) is 6.42. The van der Waals surface area contributed by atoms with Gasteiger partial charge in [-0.15, -0.1) is 0 Å². The van der Waals surface area contributed by atoms with Gasteiger partial charge in [0.05, 0.1) is 0 Å². The molecule has 21 heavy (non-hydrogen) atoms. The molecule has 0 saturated carbocycles. The molecule has 1 aromatic carbocycles. The molecule has 0 heterocycles. The van der Waals surface area contributed by atoms with Gasteiger partial charge in [0, 0.05) is 24.9 Å². The molecule has 3 heteroatoms. The van der Waals surface area contributed by atoms with Crippen LogP contribution in [0.2, 0.25) is 0 Å². The second kappa shape index (κ2) is 9.61. The maximum atomic E-state index is 6.91. The van der Waals surface area contributed by atoms with E-state index < -0.39 is 0 Å². The van der Waals surface area contributed by atoms with Gasteiger partial charge < -0.3 is 4.90 Å². The molecule has 0 aliphatic carbocycles. The first-order valence-corrected chi connectivity index (χ1v) is 7.56. The molecule has 3 nitrogen and oxygen atoms in total. The fourth-order valence-electron chi connectivity index (χ4n) is 2.09. The predicted molar refractivity (Wildman–Crippen MR) is 89.7 cm³/mol. The SMILES string of the molecule is [C-]#[N+]C(=Cc1ccc(N(CCCC)CCCC)cc1)[N+]#[C-]. The fraction of sp³-hybridized carbons (Fsp3) is 0.444. The molecule has 0 unspecified atom stereocenters. The van der Waals surface area contributed by atoms with Crippen LogP contribution in [0.3, 0.4) is 0 Å². The number of rotatable bonds is 8. The summed E-state index contributed by atoms with van der Waals surface area (Å²) in [5.41, 5.74) is 2.13. The van der Waals surface area contributed by atoms with Crippen LogP contribution in [0.5, 0.6) is 0 Å². The summed E-state index contributed by atoms with van der Waals surface area (Å²) in [6.45, 7) is 20.4. The third-order valence-corrected chi connectivity index (χ3v) is 3.35. The highest BCUT2D eigenvalue weighted by molar-refractivity contribution is 5.60. The van der Waals surface area contributed by atoms with Crippen molar-refractivity contribution in [3.63, 3.8) is 0 Å². The molecule has 0 atom stereocenters. The maximum absolute atomic E-state index is 6.91. The minimum Gasteiger partial charge on any atom is -0.372 e. The van der Waals surface area contributed by atoms with Gasteiger partial charge in [-0.25, -0.2) is 0 Å². The average molecular weight is 281 g/mol. The number of unbranched alkanes of at least 4 members (excludes halogenated alkanes) is 2. The highest BCUT2D eigenvalue weighted by Crippen LogP contribution is 2.19. The van der Waals surface area contributed by atoms with E-state index in [-0.39, 0.29) is 5.82 Å². The zero-order chi connectivity index (χ0) is 15.5. The predicted octanol–water partition coefficient (Wildman–Crippen LogP) is 5.23. The van der Waals surface area contributed by atoms with Crippen LogP contribution in [0, 0.1) is 13.1 Å². The van der Waals surface area contributed by atoms with Crippen LogP contribution >= 0.6 is 0 Å². The van der Waals surface area contributed by atoms with Crippen LogP contribution in [-0.2, 0) is 0 Å². The summed E-state index contributed by atoms with van der Waals surface area (Å²) >= 11 is 0. The molecule has 1 aromatic rings. The van der Waals surface area contributed by atoms with Crippen LogP contribution in [-0.4, -0.2) is 13.1 Å². The van der Waals surface area contributed by atoms with E-state index in [4.69, 9.17) is 13.1 Å². The Morgan fingerprint density at radius 3 is 1.95 bits per heavy atom. The second-order valence-corrected chi connectivity index (χ2v) is 5.01. The molecule has 0 saturated heterocycles. The van der Waals surface area contributed by atoms with E-state index in [1.165, 1.54) is 31.4 Å². The van der Waals surface area contributed by atoms with Gasteiger partial charge in [0.1, 0.15) is 13.1 Å². The Balaban J connectivity index is 2.84. The zero-order valence-corrected chi connectivity index (χ0v) is 13.0. The van der Waals surface area contributed by atoms with Crippen molar-refractivity contribution in [3.8, 4) is 0 Å². The summed E-state index contributed by atoms with van der Waals surface area (Å²) in [5, 5.41) is 0. The molecule has 0 spiro atoms. The van der Waals surface area contributed by atoms with Crippen LogP contribution in [0.25, 0.3) is 15.8 Å². The summed E-state index contributed by atoms with van der Waals surface area (Å²) in [6, 6.07) is 8.14. The Kier molecular flexibility index (Phi) is 7.69. The van der Waals surface area contributed by atoms with Gasteiger partial charge in [0.25, 0.3) is 0 Å². The van der Waals surface area contributed by atoms with Crippen molar-refractivity contribution in [2.75, 3.05) is 18.0 Å². The van der Waals surface area contributed by atoms with E-state index in [1.54, 1.807) is 6.08 Å². The van der Waals surface area contributed by atoms with Crippen molar-refractivity contribution in [1.82, 2.24) is 0 Å². The Hall–Kier alpha value is -2.26. The monoisotopic (exact) mass is 281 g/mol. The third kappa shape index (κ3) is 5.71. The van der Waals surface area contributed by atoms with Crippen LogP contribution in [0.1, 0.15) is 45.1 Å². The standard InChI is InChI=1S/C18H23N3/c1-5-7-13-21(14-8-6-2)17-11-9-16(10-12-17)15-18(19-3)20-4/h9-12,15H,5-8,13-14H2,1-2H3. The summed E-state index contributed by atoms with van der Waals surface area (Å²) in [5.74, 6) is 0.108. The lowest BCUT2D eigenvalue weighted by Crippen LogP contribution is -2.25. The smallest absolute Gasteiger partial charge is 0.372 e. The minimum absolute atomic E-state index is 0.108. The van der Waals surface area contributed by atoms with Gasteiger partial charge >= 0.3 is 5.82 Å². The van der Waals surface area contributed by atoms with Crippen LogP contribution < -0.4 is 4.90 Å². The molecular formula is C18H23N3. The zero-order valence-electron chi connectivity index (χ0n) is 13.0. The van der Waals surface area contributed by atoms with Gasteiger partial charge in [0.2, 0.25) is 0 Å². The second-order valence-electron chi connectivity index (χ2n) is 5.01. The van der Waals surface area contributed by atoms with E-state index in [0.717, 1.165) is 18.7 Å². The number of hydrogen-bond donors (Lipinski definition) is 0. The van der Waals surface area contributed by atoms with E-state index in [1.807, 2.05) is 12.1 Å². The molecule has 0 N–H and O–H groups in total. The van der Waals surface area contributed by atoms with Gasteiger partial charge in [-0.05, 0) is 30.5 Å². The molecule has 0 aliphatic rings. The fourth-order valence-corrected chi connectivity index (χ4v) is 2.09. The van der Waals surface area contributed by atoms with Crippen LogP contribution in [0.4, 0.5) is 5.69 Å². The lowest BCUT2D eigenvalue weighted by molar-refractivity contribution is 0.678. The normalized spacial score (nSPS) is 9.52. The molecule has 110 valence electrons. The summed E-state index contributed by atoms with van der Waals surface area (Å²) in [4.78, 5) is 8.80. The lowest BCUT2D eigenvalue weighted by atomic mass is 10.1. The Labute approximate surface area is 128 Å². The highest BCUT2D eigenvalue weighted by Gasteiger charge is 2.06. The Bertz CT molecular complexity index is 505. The third-order valence-electron chi connectivity index (χ3n) is 3.35. The van der Waals surface area contributed by atoms with Crippen molar-refractivity contribution in [2.24, 2.45) is 0 Å². The molecular weight excluding hydrogens is 258 g/mol. The van der Waals surface area contributed by atoms with E-state index in [2.05, 4.69) is 40.6 Å².